The molecule has 14 aromatic carbocycles. The zero-order valence-electron chi connectivity index (χ0n) is 58.9. The Hall–Kier alpha value is -10.7. The van der Waals surface area contributed by atoms with Crippen LogP contribution in [0.3, 0.4) is 0 Å². The molecule has 1 saturated heterocycles. The highest BCUT2D eigenvalue weighted by Crippen LogP contribution is 2.39. The molecule has 112 heavy (non-hydrogen) atoms. The number of fused-ring (bicyclic) bond motifs is 1. The molecule has 0 saturated carbocycles. The Bertz CT molecular complexity index is 5040. The number of rotatable bonds is 16. The van der Waals surface area contributed by atoms with Gasteiger partial charge in [-0.2, -0.15) is 0 Å². The minimum Gasteiger partial charge on any atom is -0.481 e. The first-order valence-electron chi connectivity index (χ1n) is 34.1. The molecule has 0 amide bonds. The van der Waals surface area contributed by atoms with Gasteiger partial charge in [-0.15, -0.1) is 0 Å². The number of carbonyl (C=O) groups is 1. The van der Waals surface area contributed by atoms with E-state index in [1.807, 2.05) is 72.8 Å². The van der Waals surface area contributed by atoms with E-state index in [0.29, 0.717) is 48.7 Å². The van der Waals surface area contributed by atoms with E-state index in [2.05, 4.69) is 29.0 Å². The molecule has 3 nitrogen and oxygen atoms in total. The zero-order chi connectivity index (χ0) is 79.4. The number of carbonyl (C=O) groups excluding carboxylic acids is 1. The van der Waals surface area contributed by atoms with Crippen molar-refractivity contribution in [2.75, 3.05) is 25.2 Å². The number of esters is 1. The quantitative estimate of drug-likeness (QED) is 0.0549. The van der Waals surface area contributed by atoms with Gasteiger partial charge in [0.15, 0.2) is 70.2 Å². The van der Waals surface area contributed by atoms with Crippen LogP contribution in [0.15, 0.2) is 373 Å². The summed E-state index contributed by atoms with van der Waals surface area (Å²) in [5.41, 5.74) is 0. The Morgan fingerprint density at radius 2 is 0.500 bits per heavy atom. The smallest absolute Gasteiger partial charge is 0.343 e. The number of hydrogen-bond acceptors (Lipinski definition) is 3. The van der Waals surface area contributed by atoms with Gasteiger partial charge < -0.3 is 9.47 Å². The average molecular weight is 1630 g/mol. The lowest BCUT2D eigenvalue weighted by Crippen LogP contribution is -2.13. The molecule has 15 rings (SSSR count). The Balaban J connectivity index is 0.000000139. The summed E-state index contributed by atoms with van der Waals surface area (Å²) in [4.78, 5) is 19.4. The summed E-state index contributed by atoms with van der Waals surface area (Å²) in [6.07, 6.45) is 2.66. The van der Waals surface area contributed by atoms with E-state index in [9.17, 15) is 70.7 Å². The van der Waals surface area contributed by atoms with Crippen molar-refractivity contribution < 1.29 is 80.1 Å². The zero-order valence-corrected chi connectivity index (χ0v) is 63.0. The summed E-state index contributed by atoms with van der Waals surface area (Å²) in [6, 6.07) is 77.0. The number of halogens is 15. The fraction of sp³-hybridized carbons (Fsp3) is 0.0674. The van der Waals surface area contributed by atoms with E-state index in [0.717, 1.165) is 90.2 Å². The molecule has 0 N–H and O–H groups in total. The third-order valence-electron chi connectivity index (χ3n) is 16.3. The first-order valence-corrected chi connectivity index (χ1v) is 40.5. The van der Waals surface area contributed by atoms with Crippen LogP contribution in [0, 0.1) is 87.3 Å². The van der Waals surface area contributed by atoms with Crippen LogP contribution in [0.5, 0.6) is 5.75 Å². The summed E-state index contributed by atoms with van der Waals surface area (Å²) in [7, 11) is -1.85. The van der Waals surface area contributed by atoms with Gasteiger partial charge in [-0.1, -0.05) is 72.8 Å². The molecule has 0 aromatic heterocycles. The lowest BCUT2D eigenvalue weighted by atomic mass is 10.1. The van der Waals surface area contributed by atoms with E-state index in [1.54, 1.807) is 66.7 Å². The first-order chi connectivity index (χ1) is 54.0. The third kappa shape index (κ3) is 22.8. The van der Waals surface area contributed by atoms with E-state index in [-0.39, 0.29) is 44.7 Å². The molecule has 0 aliphatic carbocycles. The van der Waals surface area contributed by atoms with Gasteiger partial charge in [-0.05, 0) is 140 Å². The van der Waals surface area contributed by atoms with Gasteiger partial charge in [0.2, 0.25) is 0 Å². The predicted molar refractivity (Wildman–Crippen MR) is 411 cm³/mol. The Morgan fingerprint density at radius 1 is 0.268 bits per heavy atom. The lowest BCUT2D eigenvalue weighted by Gasteiger charge is -2.11. The highest BCUT2D eigenvalue weighted by molar-refractivity contribution is 7.98. The van der Waals surface area contributed by atoms with E-state index in [1.165, 1.54) is 115 Å². The first kappa shape index (κ1) is 82.3. The van der Waals surface area contributed by atoms with Crippen LogP contribution in [0.1, 0.15) is 12.8 Å². The van der Waals surface area contributed by atoms with Gasteiger partial charge in [0.1, 0.15) is 105 Å². The molecule has 1 aliphatic heterocycles. The van der Waals surface area contributed by atoms with E-state index >= 15 is 0 Å². The highest BCUT2D eigenvalue weighted by Gasteiger charge is 2.36. The van der Waals surface area contributed by atoms with Crippen LogP contribution in [-0.2, 0) is 64.0 Å². The molecule has 0 spiro atoms. The van der Waals surface area contributed by atoms with Crippen molar-refractivity contribution in [3.8, 4) is 5.75 Å². The number of methoxy groups -OCH3 is 1. The van der Waals surface area contributed by atoms with Crippen molar-refractivity contribution >= 4 is 71.2 Å². The lowest BCUT2D eigenvalue weighted by molar-refractivity contribution is -0.142. The normalized spacial score (nSPS) is 11.8. The number of ether oxygens (including phenoxy) is 2. The number of hydrogen-bond donors (Lipinski definition) is 0. The molecule has 0 bridgehead atoms. The maximum Gasteiger partial charge on any atom is 0.343 e. The molecule has 1 aliphatic rings. The minimum absolute atomic E-state index is 0.00694. The summed E-state index contributed by atoms with van der Waals surface area (Å²) >= 11 is 0. The highest BCUT2D eigenvalue weighted by atomic mass is 32.2. The number of benzene rings is 14. The summed E-state index contributed by atoms with van der Waals surface area (Å²) in [6.45, 7) is -0.0500. The van der Waals surface area contributed by atoms with Crippen molar-refractivity contribution in [2.24, 2.45) is 0 Å². The van der Waals surface area contributed by atoms with Gasteiger partial charge in [-0.3, -0.25) is 0 Å². The Morgan fingerprint density at radius 3 is 0.777 bits per heavy atom. The molecular weight excluding hydrogens is 1560 g/mol. The van der Waals surface area contributed by atoms with Crippen LogP contribution < -0.4 is 4.74 Å². The molecule has 23 heteroatoms. The van der Waals surface area contributed by atoms with Crippen LogP contribution in [0.25, 0.3) is 10.8 Å². The maximum atomic E-state index is 13.6. The SMILES string of the molecule is COC(=O)COc1ccc([S+]2CCCC2)c2ccccc12.Fc1cc(F)cc([S+](c2cc(F)cc(F)c2)c2cc(F)cc(F)c2)c1.Fc1cc(F)cc([S+](c2ccccc2)c2cc(F)cc(F)c2)c1.Fc1cc(F)cc([S+](c2ccccc2)c2ccccc2)c1.Fc1ccc([S+](c2ccc(F)cc2)c2ccc(F)cc2)cc1. The second kappa shape index (κ2) is 39.5. The van der Waals surface area contributed by atoms with Crippen LogP contribution >= 0.6 is 0 Å². The van der Waals surface area contributed by atoms with E-state index in [4.69, 9.17) is 4.74 Å². The van der Waals surface area contributed by atoms with Crippen molar-refractivity contribution in [2.45, 2.75) is 76.5 Å². The summed E-state index contributed by atoms with van der Waals surface area (Å²) in [5, 5.41) is 2.34. The van der Waals surface area contributed by atoms with Crippen LogP contribution in [0.4, 0.5) is 65.9 Å². The maximum absolute atomic E-state index is 13.6. The third-order valence-corrected chi connectivity index (χ3v) is 27.5. The molecule has 0 radical (unpaired) electrons. The second-order valence-electron chi connectivity index (χ2n) is 24.2. The van der Waals surface area contributed by atoms with E-state index < -0.39 is 113 Å². The van der Waals surface area contributed by atoms with Gasteiger partial charge in [0.25, 0.3) is 0 Å². The molecular formula is C89H64F15O3S5+5. The monoisotopic (exact) mass is 1630 g/mol. The summed E-state index contributed by atoms with van der Waals surface area (Å²) in [5.74, 6) is -7.47. The van der Waals surface area contributed by atoms with Crippen molar-refractivity contribution in [1.29, 1.82) is 0 Å². The van der Waals surface area contributed by atoms with Gasteiger partial charge in [-0.25, -0.2) is 70.7 Å². The predicted octanol–water partition coefficient (Wildman–Crippen LogP) is 24.4. The van der Waals surface area contributed by atoms with Gasteiger partial charge >= 0.3 is 5.97 Å². The molecule has 1 heterocycles. The molecule has 0 atom stereocenters. The Kier molecular flexibility index (Phi) is 29.0. The fourth-order valence-corrected chi connectivity index (χ4v) is 22.6. The second-order valence-corrected chi connectivity index (χ2v) is 34.6. The van der Waals surface area contributed by atoms with Gasteiger partial charge in [0, 0.05) is 131 Å². The minimum atomic E-state index is -1.52. The van der Waals surface area contributed by atoms with Crippen molar-refractivity contribution in [3.05, 3.63) is 397 Å². The fourth-order valence-electron chi connectivity index (χ4n) is 11.6. The molecule has 0 unspecified atom stereocenters. The standard InChI is InChI=1S/C18H9F6S.C18H11F4S.C18H12F3S.C18H13F2S.C17H19O3S/c19-10-1-11(20)5-16(4-10)25(17-6-12(21)2-13(22)7-17)18-8-14(23)3-15(24)9-18;19-12-6-13(20)9-17(8-12)23(16-4-2-1-3-5-16)18-10-14(21)7-15(22)11-18;19-13-1-7-16(8-2-13)22(17-9-3-14(20)4-10-17)18-11-5-15(21)6-12-18;19-14-11-15(20)13-18(12-14)21(16-7-3-1-4-8-16)17-9-5-2-6-10-17;1-19-17(18)12-20-15-8-9-16(21-10-4-5-11-21)14-7-3-2-6-13(14)15/h1-9H;1-11H;1-12H;1-13H;2-3,6-9H,4-5,10-12H2,1H3/q5*+1. The van der Waals surface area contributed by atoms with Crippen molar-refractivity contribution in [3.63, 3.8) is 0 Å². The Labute approximate surface area is 651 Å². The molecule has 1 fully saturated rings. The largest absolute Gasteiger partial charge is 0.481 e. The van der Waals surface area contributed by atoms with Gasteiger partial charge in [0.05, 0.1) is 50.7 Å². The van der Waals surface area contributed by atoms with Crippen molar-refractivity contribution in [1.82, 2.24) is 0 Å². The molecule has 14 aromatic rings. The topological polar surface area (TPSA) is 35.5 Å². The summed E-state index contributed by atoms with van der Waals surface area (Å²) < 4.78 is 213. The average Bonchev–Trinajstić information content (AvgIpc) is 1.44. The van der Waals surface area contributed by atoms with Crippen LogP contribution in [0.2, 0.25) is 0 Å². The molecule has 568 valence electrons. The van der Waals surface area contributed by atoms with Crippen LogP contribution in [-0.4, -0.2) is 31.2 Å².